The molecule has 0 atom stereocenters. The van der Waals surface area contributed by atoms with Crippen molar-refractivity contribution in [3.8, 4) is 6.07 Å². The second-order valence-electron chi connectivity index (χ2n) is 5.46. The van der Waals surface area contributed by atoms with Crippen LogP contribution in [0.2, 0.25) is 0 Å². The van der Waals surface area contributed by atoms with Gasteiger partial charge in [-0.2, -0.15) is 10.4 Å². The van der Waals surface area contributed by atoms with Gasteiger partial charge in [-0.05, 0) is 41.5 Å². The van der Waals surface area contributed by atoms with Crippen molar-refractivity contribution < 1.29 is 0 Å². The Morgan fingerprint density at radius 3 is 2.00 bits per heavy atom. The van der Waals surface area contributed by atoms with Gasteiger partial charge >= 0.3 is 0 Å². The Bertz CT molecular complexity index is 665. The zero-order valence-electron chi connectivity index (χ0n) is 11.8. The first-order valence-corrected chi connectivity index (χ1v) is 7.23. The van der Waals surface area contributed by atoms with Crippen molar-refractivity contribution >= 4 is 0 Å². The maximum Gasteiger partial charge on any atom is 0.109 e. The summed E-state index contributed by atoms with van der Waals surface area (Å²) >= 11 is 0. The second-order valence-corrected chi connectivity index (χ2v) is 5.46. The molecule has 0 saturated heterocycles. The monoisotopic (exact) mass is 275 g/mol. The molecule has 0 aromatic heterocycles. The fraction of sp³-hybridized carbons (Fsp3) is 0.278. The van der Waals surface area contributed by atoms with E-state index in [0.717, 1.165) is 24.0 Å². The van der Waals surface area contributed by atoms with Crippen LogP contribution in [0.1, 0.15) is 28.7 Å². The Kier molecular flexibility index (Phi) is 3.53. The molecule has 1 aliphatic carbocycles. The van der Waals surface area contributed by atoms with E-state index >= 15 is 0 Å². The van der Waals surface area contributed by atoms with Gasteiger partial charge in [0.15, 0.2) is 0 Å². The van der Waals surface area contributed by atoms with E-state index in [0.29, 0.717) is 13.0 Å². The highest BCUT2D eigenvalue weighted by molar-refractivity contribution is 5.54. The molecule has 1 aliphatic rings. The zero-order chi connectivity index (χ0) is 14.7. The lowest BCUT2D eigenvalue weighted by atomic mass is 9.71. The van der Waals surface area contributed by atoms with E-state index < -0.39 is 5.41 Å². The molecule has 0 amide bonds. The molecule has 21 heavy (non-hydrogen) atoms. The molecule has 0 bridgehead atoms. The standard InChI is InChI=1S/C18H17N3/c19-13-18(11-12-21-20)16-7-3-1-5-14(16)9-10-15-6-2-4-8-17(15)18/h1-8,20H,9-12H2. The molecule has 104 valence electrons. The highest BCUT2D eigenvalue weighted by Crippen LogP contribution is 2.41. The molecule has 1 N–H and O–H groups in total. The van der Waals surface area contributed by atoms with Gasteiger partial charge in [0.2, 0.25) is 0 Å². The van der Waals surface area contributed by atoms with Crippen LogP contribution < -0.4 is 0 Å². The van der Waals surface area contributed by atoms with E-state index in [4.69, 9.17) is 5.53 Å². The third-order valence-electron chi connectivity index (χ3n) is 4.41. The third-order valence-corrected chi connectivity index (χ3v) is 4.41. The Morgan fingerprint density at radius 2 is 1.52 bits per heavy atom. The average Bonchev–Trinajstić information content (AvgIpc) is 2.69. The summed E-state index contributed by atoms with van der Waals surface area (Å²) in [6.07, 6.45) is 2.46. The maximum atomic E-state index is 10.0. The smallest absolute Gasteiger partial charge is 0.109 e. The SMILES string of the molecule is N#CC1(CCN=N)c2ccccc2CCc2ccccc21. The number of benzene rings is 2. The summed E-state index contributed by atoms with van der Waals surface area (Å²) in [6, 6.07) is 19.0. The minimum Gasteiger partial charge on any atom is -0.210 e. The summed E-state index contributed by atoms with van der Waals surface area (Å²) in [4.78, 5) is 0. The molecule has 3 heteroatoms. The van der Waals surface area contributed by atoms with Crippen LogP contribution in [-0.4, -0.2) is 6.54 Å². The van der Waals surface area contributed by atoms with E-state index in [2.05, 4.69) is 35.4 Å². The van der Waals surface area contributed by atoms with Gasteiger partial charge < -0.3 is 0 Å². The first-order chi connectivity index (χ1) is 10.3. The number of rotatable bonds is 3. The number of nitrogens with one attached hydrogen (secondary N) is 1. The first-order valence-electron chi connectivity index (χ1n) is 7.23. The lowest BCUT2D eigenvalue weighted by Gasteiger charge is -2.29. The fourth-order valence-electron chi connectivity index (χ4n) is 3.39. The van der Waals surface area contributed by atoms with Crippen molar-refractivity contribution in [3.63, 3.8) is 0 Å². The lowest BCUT2D eigenvalue weighted by Crippen LogP contribution is -2.28. The van der Waals surface area contributed by atoms with Gasteiger partial charge in [0.05, 0.1) is 12.6 Å². The molecule has 0 radical (unpaired) electrons. The summed E-state index contributed by atoms with van der Waals surface area (Å²) in [5.74, 6) is 0. The van der Waals surface area contributed by atoms with Crippen LogP contribution in [0.5, 0.6) is 0 Å². The van der Waals surface area contributed by atoms with Gasteiger partial charge in [-0.1, -0.05) is 48.5 Å². The fourth-order valence-corrected chi connectivity index (χ4v) is 3.39. The van der Waals surface area contributed by atoms with Gasteiger partial charge in [0.1, 0.15) is 5.41 Å². The third kappa shape index (κ3) is 2.13. The zero-order valence-corrected chi connectivity index (χ0v) is 11.8. The molecule has 0 unspecified atom stereocenters. The van der Waals surface area contributed by atoms with Gasteiger partial charge in [-0.25, -0.2) is 5.53 Å². The van der Waals surface area contributed by atoms with Crippen molar-refractivity contribution in [1.82, 2.24) is 0 Å². The largest absolute Gasteiger partial charge is 0.210 e. The average molecular weight is 275 g/mol. The Morgan fingerprint density at radius 1 is 1.00 bits per heavy atom. The van der Waals surface area contributed by atoms with Crippen LogP contribution in [0.25, 0.3) is 0 Å². The van der Waals surface area contributed by atoms with Crippen LogP contribution in [0.15, 0.2) is 53.6 Å². The number of nitriles is 1. The molecule has 0 fully saturated rings. The van der Waals surface area contributed by atoms with Crippen molar-refractivity contribution in [2.45, 2.75) is 24.7 Å². The van der Waals surface area contributed by atoms with Gasteiger partial charge in [0.25, 0.3) is 0 Å². The molecule has 0 heterocycles. The summed E-state index contributed by atoms with van der Waals surface area (Å²) in [7, 11) is 0. The number of aryl methyl sites for hydroxylation is 2. The van der Waals surface area contributed by atoms with Crippen LogP contribution >= 0.6 is 0 Å². The minimum absolute atomic E-state index is 0.371. The predicted octanol–water partition coefficient (Wildman–Crippen LogP) is 4.02. The molecule has 2 aromatic rings. The molecule has 3 rings (SSSR count). The van der Waals surface area contributed by atoms with Crippen molar-refractivity contribution in [2.75, 3.05) is 6.54 Å². The summed E-state index contributed by atoms with van der Waals surface area (Å²) in [5.41, 5.74) is 11.1. The topological polar surface area (TPSA) is 60.0 Å². The molecule has 2 aromatic carbocycles. The maximum absolute atomic E-state index is 10.0. The Balaban J connectivity index is 2.29. The number of fused-ring (bicyclic) bond motifs is 2. The van der Waals surface area contributed by atoms with E-state index in [1.54, 1.807) is 0 Å². The molecule has 0 saturated carbocycles. The van der Waals surface area contributed by atoms with E-state index in [9.17, 15) is 5.26 Å². The van der Waals surface area contributed by atoms with Gasteiger partial charge in [-0.3, -0.25) is 0 Å². The minimum atomic E-state index is -0.686. The molecule has 0 aliphatic heterocycles. The normalized spacial score (nSPS) is 15.2. The number of hydrogen-bond acceptors (Lipinski definition) is 3. The Hall–Kier alpha value is -2.47. The number of nitrogens with zero attached hydrogens (tertiary/aromatic N) is 2. The molecular formula is C18H17N3. The lowest BCUT2D eigenvalue weighted by molar-refractivity contribution is 0.587. The van der Waals surface area contributed by atoms with Crippen LogP contribution in [0.4, 0.5) is 0 Å². The van der Waals surface area contributed by atoms with Crippen LogP contribution in [0.3, 0.4) is 0 Å². The van der Waals surface area contributed by atoms with Crippen molar-refractivity contribution in [3.05, 3.63) is 70.8 Å². The summed E-state index contributed by atoms with van der Waals surface area (Å²) < 4.78 is 0. The van der Waals surface area contributed by atoms with Gasteiger partial charge in [-0.15, -0.1) is 0 Å². The number of hydrogen-bond donors (Lipinski definition) is 1. The highest BCUT2D eigenvalue weighted by Gasteiger charge is 2.38. The second kappa shape index (κ2) is 5.49. The van der Waals surface area contributed by atoms with Crippen LogP contribution in [-0.2, 0) is 18.3 Å². The van der Waals surface area contributed by atoms with Crippen molar-refractivity contribution in [1.29, 1.82) is 10.8 Å². The molecule has 0 spiro atoms. The van der Waals surface area contributed by atoms with E-state index in [-0.39, 0.29) is 0 Å². The first kappa shape index (κ1) is 13.5. The van der Waals surface area contributed by atoms with E-state index in [1.165, 1.54) is 11.1 Å². The van der Waals surface area contributed by atoms with Gasteiger partial charge in [0, 0.05) is 0 Å². The summed E-state index contributed by atoms with van der Waals surface area (Å²) in [5, 5.41) is 13.5. The molecule has 3 nitrogen and oxygen atoms in total. The van der Waals surface area contributed by atoms with Crippen LogP contribution in [0, 0.1) is 16.9 Å². The quantitative estimate of drug-likeness (QED) is 0.845. The summed E-state index contributed by atoms with van der Waals surface area (Å²) in [6.45, 7) is 0.371. The molecular weight excluding hydrogens is 258 g/mol. The van der Waals surface area contributed by atoms with E-state index in [1.807, 2.05) is 24.3 Å². The van der Waals surface area contributed by atoms with Crippen molar-refractivity contribution in [2.24, 2.45) is 5.11 Å². The predicted molar refractivity (Wildman–Crippen MR) is 81.3 cm³/mol. The highest BCUT2D eigenvalue weighted by atomic mass is 14.9. The Labute approximate surface area is 124 Å².